The minimum atomic E-state index is -1.38. The number of ether oxygens (including phenoxy) is 1. The molecule has 10 atom stereocenters. The first-order valence-electron chi connectivity index (χ1n) is 25.9. The number of amides is 8. The summed E-state index contributed by atoms with van der Waals surface area (Å²) in [5, 5.41) is 29.8. The van der Waals surface area contributed by atoms with Gasteiger partial charge in [0.2, 0.25) is 35.4 Å². The van der Waals surface area contributed by atoms with Crippen molar-refractivity contribution >= 4 is 53.2 Å². The fourth-order valence-corrected chi connectivity index (χ4v) is 9.91. The van der Waals surface area contributed by atoms with Crippen LogP contribution in [0.2, 0.25) is 0 Å². The lowest BCUT2D eigenvalue weighted by molar-refractivity contribution is -0.144. The molecule has 76 heavy (non-hydrogen) atoms. The van der Waals surface area contributed by atoms with Crippen molar-refractivity contribution in [2.75, 3.05) is 33.9 Å². The Kier molecular flexibility index (Phi) is 19.9. The van der Waals surface area contributed by atoms with Crippen LogP contribution in [0, 0.1) is 5.41 Å². The van der Waals surface area contributed by atoms with Crippen LogP contribution in [0.3, 0.4) is 0 Å². The second-order valence-corrected chi connectivity index (χ2v) is 21.0. The highest BCUT2D eigenvalue weighted by molar-refractivity contribution is 6.01. The smallest absolute Gasteiger partial charge is 0.305 e. The highest BCUT2D eigenvalue weighted by Gasteiger charge is 2.47. The number of benzene rings is 3. The van der Waals surface area contributed by atoms with Crippen molar-refractivity contribution in [3.05, 3.63) is 107 Å². The van der Waals surface area contributed by atoms with E-state index in [9.17, 15) is 48.3 Å². The fraction of sp³-hybridized carbons (Fsp3) is 0.509. The number of aryl methyl sites for hydroxylation is 1. The van der Waals surface area contributed by atoms with Gasteiger partial charge >= 0.3 is 5.97 Å². The van der Waals surface area contributed by atoms with Crippen LogP contribution in [0.5, 0.6) is 0 Å². The SMILES string of the molecule is CN[C@@H](C)C(=O)NC(C(=O)N1C[C@@H](NC(=O)c2cccc(C(=O)N[C@H]3C[C@@H](C(=O)N[C@H](C)c4ccccc4)N(C(=O)[C@H](CCC(=O)OC)NC(=O)[C@@H](N)CO)C3)c2)C[C@H]1C(=O)N[C@@H]1CCCc2ccccc21)C(C)(C)C. The number of aliphatic hydroxyl groups is 1. The fourth-order valence-electron chi connectivity index (χ4n) is 9.91. The van der Waals surface area contributed by atoms with Crippen molar-refractivity contribution in [3.8, 4) is 0 Å². The van der Waals surface area contributed by atoms with Gasteiger partial charge in [0.15, 0.2) is 0 Å². The Hall–Kier alpha value is -7.23. The maximum absolute atomic E-state index is 14.7. The Morgan fingerprint density at radius 3 is 1.92 bits per heavy atom. The second-order valence-electron chi connectivity index (χ2n) is 21.0. The van der Waals surface area contributed by atoms with Gasteiger partial charge < -0.3 is 62.6 Å². The molecule has 0 aromatic heterocycles. The summed E-state index contributed by atoms with van der Waals surface area (Å²) in [7, 11) is 2.81. The molecular weight excluding hydrogens is 977 g/mol. The molecule has 3 aliphatic rings. The van der Waals surface area contributed by atoms with Gasteiger partial charge in [0.1, 0.15) is 30.2 Å². The molecule has 410 valence electrons. The number of methoxy groups -OCH3 is 1. The Morgan fingerprint density at radius 2 is 1.33 bits per heavy atom. The molecule has 0 saturated carbocycles. The normalized spacial score (nSPS) is 21.1. The number of nitrogens with zero attached hydrogens (tertiary/aromatic N) is 2. The summed E-state index contributed by atoms with van der Waals surface area (Å²) >= 11 is 0. The summed E-state index contributed by atoms with van der Waals surface area (Å²) in [5.74, 6) is -5.28. The molecule has 3 aromatic rings. The van der Waals surface area contributed by atoms with Gasteiger partial charge in [-0.15, -0.1) is 0 Å². The Balaban J connectivity index is 1.20. The van der Waals surface area contributed by atoms with Gasteiger partial charge in [-0.25, -0.2) is 0 Å². The van der Waals surface area contributed by atoms with E-state index in [0.29, 0.717) is 6.42 Å². The molecule has 2 heterocycles. The van der Waals surface area contributed by atoms with Crippen LogP contribution >= 0.6 is 0 Å². The van der Waals surface area contributed by atoms with Gasteiger partial charge in [0, 0.05) is 42.7 Å². The summed E-state index contributed by atoms with van der Waals surface area (Å²) < 4.78 is 4.76. The standard InChI is InChI=1S/C55H74N10O11/c1-31(33-15-9-8-10-16-33)58-51(72)43-26-37(28-64(43)53(74)42(23-24-45(67)76-7)62-50(71)40(56)30-66)59-48(69)35-19-13-20-36(25-35)49(70)60-38-27-44(52(73)61-41-22-14-18-34-17-11-12-21-39(34)41)65(29-38)54(75)46(55(3,4)5)63-47(68)32(2)57-6/h8-13,15-17,19-21,25,31-32,37-38,40-44,46,57,66H,14,18,22-24,26-30,56H2,1-7H3,(H,58,72)(H,59,69)(H,60,70)(H,61,73)(H,62,71)(H,63,68)/t31-,32+,37+,38+,40+,41-,42+,43+,44+,46?/m1/s1. The third-order valence-corrected chi connectivity index (χ3v) is 14.4. The van der Waals surface area contributed by atoms with E-state index in [1.807, 2.05) is 75.4 Å². The predicted octanol–water partition coefficient (Wildman–Crippen LogP) is 1.05. The zero-order valence-corrected chi connectivity index (χ0v) is 44.4. The molecule has 0 spiro atoms. The maximum Gasteiger partial charge on any atom is 0.305 e. The molecule has 2 saturated heterocycles. The van der Waals surface area contributed by atoms with Crippen molar-refractivity contribution in [1.82, 2.24) is 47.0 Å². The molecule has 3 aromatic carbocycles. The van der Waals surface area contributed by atoms with Gasteiger partial charge in [0.05, 0.1) is 31.8 Å². The Labute approximate surface area is 443 Å². The van der Waals surface area contributed by atoms with Crippen LogP contribution in [0.4, 0.5) is 0 Å². The average molecular weight is 1050 g/mol. The highest BCUT2D eigenvalue weighted by Crippen LogP contribution is 2.32. The largest absolute Gasteiger partial charge is 0.469 e. The monoisotopic (exact) mass is 1050 g/mol. The van der Waals surface area contributed by atoms with Gasteiger partial charge in [-0.05, 0) is 99.7 Å². The number of aliphatic hydroxyl groups excluding tert-OH is 1. The highest BCUT2D eigenvalue weighted by atomic mass is 16.5. The minimum absolute atomic E-state index is 0.0496. The van der Waals surface area contributed by atoms with E-state index in [1.54, 1.807) is 20.9 Å². The molecule has 21 heteroatoms. The lowest BCUT2D eigenvalue weighted by atomic mass is 9.85. The molecule has 0 bridgehead atoms. The van der Waals surface area contributed by atoms with Crippen molar-refractivity contribution in [1.29, 1.82) is 0 Å². The zero-order valence-electron chi connectivity index (χ0n) is 44.4. The van der Waals surface area contributed by atoms with E-state index in [0.717, 1.165) is 29.5 Å². The number of likely N-dealkylation sites (tertiary alicyclic amines) is 2. The van der Waals surface area contributed by atoms with Crippen molar-refractivity contribution in [2.45, 2.75) is 140 Å². The lowest BCUT2D eigenvalue weighted by Crippen LogP contribution is -2.59. The van der Waals surface area contributed by atoms with Crippen LogP contribution < -0.4 is 43.0 Å². The third-order valence-electron chi connectivity index (χ3n) is 14.4. The molecular formula is C55H74N10O11. The van der Waals surface area contributed by atoms with Gasteiger partial charge in [0.25, 0.3) is 11.8 Å². The van der Waals surface area contributed by atoms with E-state index in [2.05, 4.69) is 37.2 Å². The summed E-state index contributed by atoms with van der Waals surface area (Å²) in [4.78, 5) is 127. The van der Waals surface area contributed by atoms with Gasteiger partial charge in [-0.2, -0.15) is 0 Å². The van der Waals surface area contributed by atoms with Crippen LogP contribution in [0.15, 0.2) is 78.9 Å². The molecule has 2 aliphatic heterocycles. The van der Waals surface area contributed by atoms with E-state index in [-0.39, 0.29) is 55.9 Å². The number of carbonyl (C=O) groups is 9. The van der Waals surface area contributed by atoms with E-state index < -0.39 is 120 Å². The summed E-state index contributed by atoms with van der Waals surface area (Å²) in [6, 6.07) is 14.1. The van der Waals surface area contributed by atoms with Crippen LogP contribution in [0.25, 0.3) is 0 Å². The number of nitrogens with one attached hydrogen (secondary N) is 7. The van der Waals surface area contributed by atoms with Crippen molar-refractivity contribution < 1.29 is 53.0 Å². The van der Waals surface area contributed by atoms with E-state index in [1.165, 1.54) is 41.2 Å². The molecule has 21 nitrogen and oxygen atoms in total. The number of fused-ring (bicyclic) bond motifs is 1. The number of hydrogen-bond donors (Lipinski definition) is 9. The number of likely N-dealkylation sites (N-methyl/N-ethyl adjacent to an activating group) is 1. The molecule has 8 amide bonds. The zero-order chi connectivity index (χ0) is 55.4. The number of rotatable bonds is 20. The Bertz CT molecular complexity index is 2610. The Morgan fingerprint density at radius 1 is 0.737 bits per heavy atom. The summed E-state index contributed by atoms with van der Waals surface area (Å²) in [6.45, 7) is 7.95. The molecule has 1 aliphatic carbocycles. The molecule has 10 N–H and O–H groups in total. The van der Waals surface area contributed by atoms with Gasteiger partial charge in [-0.3, -0.25) is 43.2 Å². The first kappa shape index (κ1) is 58.0. The lowest BCUT2D eigenvalue weighted by Gasteiger charge is -2.36. The quantitative estimate of drug-likeness (QED) is 0.0717. The summed E-state index contributed by atoms with van der Waals surface area (Å²) in [5.41, 5.74) is 8.10. The first-order chi connectivity index (χ1) is 36.1. The van der Waals surface area contributed by atoms with Crippen LogP contribution in [-0.4, -0.2) is 150 Å². The van der Waals surface area contributed by atoms with E-state index >= 15 is 0 Å². The maximum atomic E-state index is 14.7. The van der Waals surface area contributed by atoms with E-state index in [4.69, 9.17) is 10.5 Å². The molecule has 2 fully saturated rings. The number of esters is 1. The third kappa shape index (κ3) is 14.6. The molecule has 0 radical (unpaired) electrons. The molecule has 6 rings (SSSR count). The number of nitrogens with two attached hydrogens (primary N) is 1. The van der Waals surface area contributed by atoms with Crippen LogP contribution in [0.1, 0.15) is 123 Å². The summed E-state index contributed by atoms with van der Waals surface area (Å²) in [6.07, 6.45) is 1.96. The van der Waals surface area contributed by atoms with Crippen molar-refractivity contribution in [2.24, 2.45) is 11.1 Å². The van der Waals surface area contributed by atoms with Gasteiger partial charge in [-0.1, -0.05) is 81.4 Å². The number of carbonyl (C=O) groups excluding carboxylic acids is 9. The number of hydrogen-bond acceptors (Lipinski definition) is 13. The minimum Gasteiger partial charge on any atom is -0.469 e. The second kappa shape index (κ2) is 26.0. The molecule has 1 unspecified atom stereocenters. The first-order valence-corrected chi connectivity index (χ1v) is 25.9. The van der Waals surface area contributed by atoms with Crippen LogP contribution in [-0.2, 0) is 44.7 Å². The van der Waals surface area contributed by atoms with Crippen molar-refractivity contribution in [3.63, 3.8) is 0 Å². The predicted molar refractivity (Wildman–Crippen MR) is 281 cm³/mol. The average Bonchev–Trinajstić information content (AvgIpc) is 4.05. The topological polar surface area (TPSA) is 300 Å².